The topological polar surface area (TPSA) is 55.9 Å². The molecule has 0 radical (unpaired) electrons. The number of Topliss-reactive ketones (excluding diaryl/α,β-unsaturated/α-hetero) is 1. The van der Waals surface area contributed by atoms with E-state index in [1.54, 1.807) is 0 Å². The third-order valence-electron chi connectivity index (χ3n) is 11.5. The van der Waals surface area contributed by atoms with E-state index in [1.807, 2.05) is 0 Å². The predicted octanol–water partition coefficient (Wildman–Crippen LogP) is 6.49. The Morgan fingerprint density at radius 3 is 2.55 bits per heavy atom. The minimum atomic E-state index is -0.522. The second-order valence-corrected chi connectivity index (χ2v) is 13.5. The van der Waals surface area contributed by atoms with Gasteiger partial charge >= 0.3 is 5.97 Å². The normalized spacial score (nSPS) is 49.0. The third-order valence-corrected chi connectivity index (χ3v) is 11.5. The first-order valence-corrected chi connectivity index (χ1v) is 13.9. The van der Waals surface area contributed by atoms with Crippen LogP contribution in [0.1, 0.15) is 112 Å². The first-order chi connectivity index (χ1) is 15.5. The number of epoxide rings is 1. The molecule has 1 heterocycles. The van der Waals surface area contributed by atoms with Crippen molar-refractivity contribution in [3.8, 4) is 0 Å². The molecule has 4 nitrogen and oxygen atoms in total. The van der Waals surface area contributed by atoms with E-state index < -0.39 is 5.60 Å². The maximum absolute atomic E-state index is 13.9. The lowest BCUT2D eigenvalue weighted by Crippen LogP contribution is -2.62. The molecule has 4 aliphatic carbocycles. The number of ether oxygens (including phenoxy) is 2. The van der Waals surface area contributed by atoms with E-state index in [1.165, 1.54) is 39.0 Å². The van der Waals surface area contributed by atoms with Gasteiger partial charge in [-0.15, -0.1) is 0 Å². The van der Waals surface area contributed by atoms with Crippen LogP contribution in [0.25, 0.3) is 0 Å². The minimum absolute atomic E-state index is 0.0205. The third kappa shape index (κ3) is 3.17. The van der Waals surface area contributed by atoms with Crippen LogP contribution < -0.4 is 0 Å². The summed E-state index contributed by atoms with van der Waals surface area (Å²) in [6.45, 7) is 13.5. The van der Waals surface area contributed by atoms with Crippen molar-refractivity contribution in [2.75, 3.05) is 0 Å². The van der Waals surface area contributed by atoms with Crippen LogP contribution in [0, 0.1) is 40.4 Å². The Labute approximate surface area is 200 Å². The molecule has 0 unspecified atom stereocenters. The van der Waals surface area contributed by atoms with Gasteiger partial charge in [-0.3, -0.25) is 9.59 Å². The van der Waals surface area contributed by atoms with E-state index >= 15 is 0 Å². The van der Waals surface area contributed by atoms with Crippen LogP contribution in [-0.2, 0) is 19.1 Å². The zero-order valence-electron chi connectivity index (χ0n) is 21.9. The summed E-state index contributed by atoms with van der Waals surface area (Å²) in [6.07, 6.45) is 11.9. The number of carbonyl (C=O) groups excluding carboxylic acids is 2. The number of esters is 1. The molecular formula is C29H46O4. The second-order valence-electron chi connectivity index (χ2n) is 13.5. The first kappa shape index (κ1) is 23.8. The highest BCUT2D eigenvalue weighted by Gasteiger charge is 2.89. The Kier molecular flexibility index (Phi) is 5.63. The van der Waals surface area contributed by atoms with Crippen LogP contribution in [0.5, 0.6) is 0 Å². The molecule has 0 aromatic rings. The highest BCUT2D eigenvalue weighted by molar-refractivity contribution is 5.94. The van der Waals surface area contributed by atoms with Crippen molar-refractivity contribution in [3.63, 3.8) is 0 Å². The van der Waals surface area contributed by atoms with Gasteiger partial charge in [0.15, 0.2) is 11.4 Å². The van der Waals surface area contributed by atoms with Crippen molar-refractivity contribution in [2.45, 2.75) is 129 Å². The van der Waals surface area contributed by atoms with Gasteiger partial charge in [0.2, 0.25) is 0 Å². The number of hydrogen-bond acceptors (Lipinski definition) is 4. The van der Waals surface area contributed by atoms with Crippen LogP contribution in [0.4, 0.5) is 0 Å². The van der Waals surface area contributed by atoms with Crippen molar-refractivity contribution in [1.82, 2.24) is 0 Å². The Morgan fingerprint density at radius 1 is 1.09 bits per heavy atom. The SMILES string of the molecule is CC(=O)O[C@H]1CC[C@@]2(C)[C@@H](CC(=O)[C@]34O[C@]35CC[C@H]([C@H](C)CCCC(C)C)[C@@]5(C)CC[C@H]24)C1. The number of ketones is 1. The highest BCUT2D eigenvalue weighted by Crippen LogP contribution is 2.80. The Hall–Kier alpha value is -0.900. The van der Waals surface area contributed by atoms with Crippen molar-refractivity contribution >= 4 is 11.8 Å². The molecule has 0 bridgehead atoms. The zero-order chi connectivity index (χ0) is 23.8. The van der Waals surface area contributed by atoms with Crippen molar-refractivity contribution in [3.05, 3.63) is 0 Å². The lowest BCUT2D eigenvalue weighted by Gasteiger charge is -2.57. The fraction of sp³-hybridized carbons (Fsp3) is 0.931. The van der Waals surface area contributed by atoms with Gasteiger partial charge in [-0.2, -0.15) is 0 Å². The van der Waals surface area contributed by atoms with Crippen molar-refractivity contribution in [1.29, 1.82) is 0 Å². The molecule has 4 heteroatoms. The summed E-state index contributed by atoms with van der Waals surface area (Å²) in [5.74, 6) is 2.97. The molecule has 2 spiro atoms. The summed E-state index contributed by atoms with van der Waals surface area (Å²) in [6, 6.07) is 0. The molecule has 186 valence electrons. The molecule has 0 aromatic heterocycles. The fourth-order valence-corrected chi connectivity index (χ4v) is 9.78. The summed E-state index contributed by atoms with van der Waals surface area (Å²) >= 11 is 0. The fourth-order valence-electron chi connectivity index (χ4n) is 9.78. The Morgan fingerprint density at radius 2 is 1.85 bits per heavy atom. The molecule has 4 saturated carbocycles. The van der Waals surface area contributed by atoms with Gasteiger partial charge in [0.1, 0.15) is 11.7 Å². The number of hydrogen-bond donors (Lipinski definition) is 0. The molecule has 5 fully saturated rings. The second kappa shape index (κ2) is 7.80. The van der Waals surface area contributed by atoms with Gasteiger partial charge in [-0.05, 0) is 74.0 Å². The highest BCUT2D eigenvalue weighted by atomic mass is 16.6. The minimum Gasteiger partial charge on any atom is -0.463 e. The molecule has 0 N–H and O–H groups in total. The van der Waals surface area contributed by atoms with E-state index in [-0.39, 0.29) is 28.5 Å². The lowest BCUT2D eigenvalue weighted by atomic mass is 9.44. The van der Waals surface area contributed by atoms with E-state index in [0.717, 1.165) is 38.0 Å². The van der Waals surface area contributed by atoms with Gasteiger partial charge in [0.25, 0.3) is 0 Å². The molecule has 33 heavy (non-hydrogen) atoms. The smallest absolute Gasteiger partial charge is 0.302 e. The molecule has 1 saturated heterocycles. The molecule has 9 atom stereocenters. The zero-order valence-corrected chi connectivity index (χ0v) is 21.9. The van der Waals surface area contributed by atoms with Gasteiger partial charge in [0, 0.05) is 24.7 Å². The van der Waals surface area contributed by atoms with Gasteiger partial charge < -0.3 is 9.47 Å². The number of fused-ring (bicyclic) bond motifs is 2. The average molecular weight is 459 g/mol. The maximum atomic E-state index is 13.9. The van der Waals surface area contributed by atoms with Gasteiger partial charge in [0.05, 0.1) is 0 Å². The van der Waals surface area contributed by atoms with Crippen molar-refractivity contribution < 1.29 is 19.1 Å². The van der Waals surface area contributed by atoms with E-state index in [4.69, 9.17) is 9.47 Å². The van der Waals surface area contributed by atoms with E-state index in [0.29, 0.717) is 35.9 Å². The summed E-state index contributed by atoms with van der Waals surface area (Å²) in [5, 5.41) is 0. The number of rotatable bonds is 6. The van der Waals surface area contributed by atoms with Gasteiger partial charge in [-0.25, -0.2) is 0 Å². The summed E-state index contributed by atoms with van der Waals surface area (Å²) in [4.78, 5) is 25.4. The van der Waals surface area contributed by atoms with E-state index in [2.05, 4.69) is 34.6 Å². The maximum Gasteiger partial charge on any atom is 0.302 e. The van der Waals surface area contributed by atoms with E-state index in [9.17, 15) is 9.59 Å². The molecule has 0 amide bonds. The Bertz CT molecular complexity index is 820. The molecular weight excluding hydrogens is 412 g/mol. The molecule has 5 rings (SSSR count). The monoisotopic (exact) mass is 458 g/mol. The Balaban J connectivity index is 1.37. The van der Waals surface area contributed by atoms with Crippen LogP contribution in [-0.4, -0.2) is 29.1 Å². The first-order valence-electron chi connectivity index (χ1n) is 13.9. The predicted molar refractivity (Wildman–Crippen MR) is 129 cm³/mol. The number of carbonyl (C=O) groups is 2. The standard InChI is InChI=1S/C29H46O4/c1-18(2)8-7-9-19(3)23-11-15-28-27(23,6)14-12-24-26(5)13-10-22(32-20(4)30)16-21(26)17-25(31)29(24,28)33-28/h18-19,21-24H,7-17H2,1-6H3/t19-,21-,22+,23-,24-,26+,27-,28+,29+/m1/s1. The largest absolute Gasteiger partial charge is 0.463 e. The van der Waals surface area contributed by atoms with Crippen LogP contribution in [0.3, 0.4) is 0 Å². The summed E-state index contributed by atoms with van der Waals surface area (Å²) in [5.41, 5.74) is -0.478. The van der Waals surface area contributed by atoms with Crippen molar-refractivity contribution in [2.24, 2.45) is 40.4 Å². The lowest BCUT2D eigenvalue weighted by molar-refractivity contribution is -0.160. The molecule has 0 aromatic carbocycles. The summed E-state index contributed by atoms with van der Waals surface area (Å²) in [7, 11) is 0. The van der Waals surface area contributed by atoms with Crippen LogP contribution in [0.15, 0.2) is 0 Å². The summed E-state index contributed by atoms with van der Waals surface area (Å²) < 4.78 is 12.5. The van der Waals surface area contributed by atoms with Gasteiger partial charge in [-0.1, -0.05) is 53.9 Å². The molecule has 5 aliphatic rings. The quantitative estimate of drug-likeness (QED) is 0.337. The molecule has 1 aliphatic heterocycles. The van der Waals surface area contributed by atoms with Crippen LogP contribution in [0.2, 0.25) is 0 Å². The van der Waals surface area contributed by atoms with Crippen LogP contribution >= 0.6 is 0 Å². The average Bonchev–Trinajstić information content (AvgIpc) is 3.32.